The van der Waals surface area contributed by atoms with Gasteiger partial charge < -0.3 is 15.0 Å². The molecule has 0 unspecified atom stereocenters. The van der Waals surface area contributed by atoms with E-state index in [9.17, 15) is 9.59 Å². The molecule has 2 aromatic heterocycles. The van der Waals surface area contributed by atoms with E-state index >= 15 is 0 Å². The highest BCUT2D eigenvalue weighted by molar-refractivity contribution is 9.10. The third-order valence-electron chi connectivity index (χ3n) is 4.56. The maximum absolute atomic E-state index is 13.1. The normalized spacial score (nSPS) is 11.3. The average molecular weight is 487 g/mol. The topological polar surface area (TPSA) is 89.0 Å². The van der Waals surface area contributed by atoms with Gasteiger partial charge in [-0.25, -0.2) is 4.98 Å². The highest BCUT2D eigenvalue weighted by atomic mass is 79.9. The molecule has 2 aromatic carbocycles. The van der Waals surface area contributed by atoms with Gasteiger partial charge in [-0.05, 0) is 30.3 Å². The van der Waals surface area contributed by atoms with E-state index in [1.807, 2.05) is 48.5 Å². The highest BCUT2D eigenvalue weighted by Crippen LogP contribution is 2.25. The molecule has 30 heavy (non-hydrogen) atoms. The molecule has 0 radical (unpaired) electrons. The van der Waals surface area contributed by atoms with Crippen molar-refractivity contribution in [3.05, 3.63) is 63.4 Å². The van der Waals surface area contributed by atoms with E-state index < -0.39 is 0 Å². The summed E-state index contributed by atoms with van der Waals surface area (Å²) in [5.41, 5.74) is 2.45. The molecule has 0 fully saturated rings. The van der Waals surface area contributed by atoms with Gasteiger partial charge in [0.2, 0.25) is 5.91 Å². The molecule has 4 aromatic rings. The average Bonchev–Trinajstić information content (AvgIpc) is 3.12. The maximum atomic E-state index is 13.1. The van der Waals surface area contributed by atoms with Crippen molar-refractivity contribution in [1.29, 1.82) is 0 Å². The van der Waals surface area contributed by atoms with Gasteiger partial charge in [-0.2, -0.15) is 0 Å². The maximum Gasteiger partial charge on any atom is 0.278 e. The van der Waals surface area contributed by atoms with Gasteiger partial charge in [0.25, 0.3) is 5.56 Å². The number of para-hydroxylation sites is 1. The molecule has 2 N–H and O–H groups in total. The van der Waals surface area contributed by atoms with Gasteiger partial charge >= 0.3 is 0 Å². The van der Waals surface area contributed by atoms with Crippen molar-refractivity contribution < 1.29 is 9.53 Å². The number of H-pyrrole nitrogens is 1. The number of rotatable bonds is 7. The molecular formula is C21H19BrN4O3S. The number of amides is 1. The molecule has 0 aliphatic carbocycles. The number of nitrogens with zero attached hydrogens (tertiary/aromatic N) is 2. The largest absolute Gasteiger partial charge is 0.383 e. The number of thioether (sulfide) groups is 1. The number of carbonyl (C=O) groups excluding carboxylic acids is 1. The molecule has 7 nitrogen and oxygen atoms in total. The van der Waals surface area contributed by atoms with Crippen LogP contribution in [-0.2, 0) is 16.1 Å². The van der Waals surface area contributed by atoms with Crippen molar-refractivity contribution in [2.45, 2.75) is 11.7 Å². The van der Waals surface area contributed by atoms with Crippen LogP contribution >= 0.6 is 27.7 Å². The fourth-order valence-corrected chi connectivity index (χ4v) is 4.21. The quantitative estimate of drug-likeness (QED) is 0.304. The van der Waals surface area contributed by atoms with Gasteiger partial charge in [0, 0.05) is 28.2 Å². The molecule has 4 rings (SSSR count). The van der Waals surface area contributed by atoms with Crippen LogP contribution in [0.15, 0.2) is 63.0 Å². The number of fused-ring (bicyclic) bond motifs is 3. The second kappa shape index (κ2) is 9.03. The van der Waals surface area contributed by atoms with Gasteiger partial charge in [-0.15, -0.1) is 0 Å². The Labute approximate surface area is 185 Å². The Hall–Kier alpha value is -2.62. The Morgan fingerprint density at radius 1 is 1.23 bits per heavy atom. The zero-order valence-corrected chi connectivity index (χ0v) is 18.5. The lowest BCUT2D eigenvalue weighted by molar-refractivity contribution is -0.113. The number of benzene rings is 2. The fraction of sp³-hybridized carbons (Fsp3) is 0.190. The van der Waals surface area contributed by atoms with Crippen LogP contribution in [0.1, 0.15) is 0 Å². The van der Waals surface area contributed by atoms with E-state index in [2.05, 4.69) is 26.2 Å². The third kappa shape index (κ3) is 4.28. The second-order valence-electron chi connectivity index (χ2n) is 6.58. The number of aromatic nitrogens is 3. The van der Waals surface area contributed by atoms with E-state index in [4.69, 9.17) is 9.72 Å². The zero-order chi connectivity index (χ0) is 21.1. The van der Waals surface area contributed by atoms with E-state index in [1.165, 1.54) is 11.8 Å². The number of carbonyl (C=O) groups is 1. The number of methoxy groups -OCH3 is 1. The van der Waals surface area contributed by atoms with Gasteiger partial charge in [-0.1, -0.05) is 45.9 Å². The van der Waals surface area contributed by atoms with Crippen LogP contribution in [0.5, 0.6) is 0 Å². The summed E-state index contributed by atoms with van der Waals surface area (Å²) in [6.45, 7) is 0.719. The number of hydrogen-bond donors (Lipinski definition) is 2. The minimum atomic E-state index is -0.177. The number of aromatic amines is 1. The Morgan fingerprint density at radius 2 is 2.00 bits per heavy atom. The first-order valence-electron chi connectivity index (χ1n) is 9.25. The summed E-state index contributed by atoms with van der Waals surface area (Å²) in [4.78, 5) is 33.4. The van der Waals surface area contributed by atoms with Crippen LogP contribution in [-0.4, -0.2) is 39.9 Å². The first kappa shape index (κ1) is 20.6. The lowest BCUT2D eigenvalue weighted by atomic mass is 10.2. The number of halogens is 1. The molecule has 154 valence electrons. The predicted octanol–water partition coefficient (Wildman–Crippen LogP) is 4.02. The van der Waals surface area contributed by atoms with Gasteiger partial charge in [0.15, 0.2) is 5.16 Å². The summed E-state index contributed by atoms with van der Waals surface area (Å²) in [6.07, 6.45) is 0. The lowest BCUT2D eigenvalue weighted by Crippen LogP contribution is -2.26. The summed E-state index contributed by atoms with van der Waals surface area (Å²) < 4.78 is 7.64. The predicted molar refractivity (Wildman–Crippen MR) is 123 cm³/mol. The fourth-order valence-electron chi connectivity index (χ4n) is 3.13. The smallest absolute Gasteiger partial charge is 0.278 e. The summed E-state index contributed by atoms with van der Waals surface area (Å²) >= 11 is 4.60. The summed E-state index contributed by atoms with van der Waals surface area (Å²) in [5, 5.41) is 4.22. The molecular weight excluding hydrogens is 468 g/mol. The molecule has 0 saturated carbocycles. The lowest BCUT2D eigenvalue weighted by Gasteiger charge is -2.11. The molecule has 2 heterocycles. The Bertz CT molecular complexity index is 1270. The monoisotopic (exact) mass is 486 g/mol. The summed E-state index contributed by atoms with van der Waals surface area (Å²) in [7, 11) is 1.58. The van der Waals surface area contributed by atoms with Crippen molar-refractivity contribution >= 4 is 61.2 Å². The van der Waals surface area contributed by atoms with E-state index in [1.54, 1.807) is 11.7 Å². The molecule has 0 aliphatic heterocycles. The zero-order valence-electron chi connectivity index (χ0n) is 16.1. The second-order valence-corrected chi connectivity index (χ2v) is 8.44. The Balaban J connectivity index is 1.64. The van der Waals surface area contributed by atoms with Crippen LogP contribution in [0.2, 0.25) is 0 Å². The van der Waals surface area contributed by atoms with Gasteiger partial charge in [0.05, 0.1) is 18.9 Å². The molecule has 9 heteroatoms. The summed E-state index contributed by atoms with van der Waals surface area (Å²) in [6, 6.07) is 15.0. The van der Waals surface area contributed by atoms with Crippen LogP contribution in [0.4, 0.5) is 5.69 Å². The first-order chi connectivity index (χ1) is 14.6. The Kier molecular flexibility index (Phi) is 6.21. The van der Waals surface area contributed by atoms with Crippen LogP contribution in [0.3, 0.4) is 0 Å². The molecule has 1 amide bonds. The first-order valence-corrected chi connectivity index (χ1v) is 11.0. The standard InChI is InChI=1S/C21H19BrN4O3S/c1-29-11-10-26-20(28)19-18(15-4-2-3-5-16(15)24-19)25-21(26)30-12-17(27)23-14-8-6-13(22)7-9-14/h2-9,24H,10-12H2,1H3,(H,23,27). The minimum Gasteiger partial charge on any atom is -0.383 e. The van der Waals surface area contributed by atoms with Crippen molar-refractivity contribution in [2.75, 3.05) is 24.8 Å². The molecule has 0 aliphatic rings. The van der Waals surface area contributed by atoms with Gasteiger partial charge in [0.1, 0.15) is 11.0 Å². The minimum absolute atomic E-state index is 0.128. The third-order valence-corrected chi connectivity index (χ3v) is 6.06. The number of ether oxygens (including phenoxy) is 1. The Morgan fingerprint density at radius 3 is 2.77 bits per heavy atom. The number of hydrogen-bond acceptors (Lipinski definition) is 5. The summed E-state index contributed by atoms with van der Waals surface area (Å²) in [5.74, 6) is -0.0440. The van der Waals surface area contributed by atoms with Crippen LogP contribution in [0, 0.1) is 0 Å². The van der Waals surface area contributed by atoms with Crippen LogP contribution in [0.25, 0.3) is 21.9 Å². The van der Waals surface area contributed by atoms with E-state index in [0.717, 1.165) is 15.4 Å². The molecule has 0 spiro atoms. The van der Waals surface area contributed by atoms with Crippen molar-refractivity contribution in [3.63, 3.8) is 0 Å². The van der Waals surface area contributed by atoms with E-state index in [-0.39, 0.29) is 17.2 Å². The SMILES string of the molecule is COCCn1c(SCC(=O)Nc2ccc(Br)cc2)nc2c([nH]c3ccccc32)c1=O. The van der Waals surface area contributed by atoms with Crippen LogP contribution < -0.4 is 10.9 Å². The number of nitrogens with one attached hydrogen (secondary N) is 2. The molecule has 0 atom stereocenters. The number of anilines is 1. The van der Waals surface area contributed by atoms with Crippen molar-refractivity contribution in [3.8, 4) is 0 Å². The molecule has 0 saturated heterocycles. The van der Waals surface area contributed by atoms with Gasteiger partial charge in [-0.3, -0.25) is 14.2 Å². The van der Waals surface area contributed by atoms with Crippen molar-refractivity contribution in [2.24, 2.45) is 0 Å². The van der Waals surface area contributed by atoms with Crippen molar-refractivity contribution in [1.82, 2.24) is 14.5 Å². The molecule has 0 bridgehead atoms. The van der Waals surface area contributed by atoms with E-state index in [0.29, 0.717) is 35.0 Å². The highest BCUT2D eigenvalue weighted by Gasteiger charge is 2.17.